The number of hydrogen-bond donors (Lipinski definition) is 0. The fraction of sp³-hybridized carbons (Fsp3) is 0.636. The van der Waals surface area contributed by atoms with Crippen LogP contribution >= 0.6 is 0 Å². The molecule has 1 aliphatic rings. The minimum atomic E-state index is 0.852. The van der Waals surface area contributed by atoms with Gasteiger partial charge in [-0.15, -0.1) is 0 Å². The van der Waals surface area contributed by atoms with Crippen molar-refractivity contribution in [3.8, 4) is 0 Å². The Balaban J connectivity index is 2.35. The molecule has 0 amide bonds. The molecule has 0 aromatic rings. The summed E-state index contributed by atoms with van der Waals surface area (Å²) in [7, 11) is 0. The monoisotopic (exact) mass is 150 g/mol. The molecular weight excluding hydrogens is 132 g/mol. The van der Waals surface area contributed by atoms with Crippen LogP contribution in [0.3, 0.4) is 0 Å². The van der Waals surface area contributed by atoms with Crippen LogP contribution in [0.15, 0.2) is 24.3 Å². The molecule has 0 aliphatic heterocycles. The van der Waals surface area contributed by atoms with Gasteiger partial charge in [0.15, 0.2) is 0 Å². The maximum Gasteiger partial charge on any atom is -0.0231 e. The van der Waals surface area contributed by atoms with E-state index in [1.807, 2.05) is 0 Å². The molecule has 0 spiro atoms. The summed E-state index contributed by atoms with van der Waals surface area (Å²) in [5.74, 6) is 0.852. The molecule has 11 heavy (non-hydrogen) atoms. The molecule has 1 aliphatic carbocycles. The Labute approximate surface area is 70.0 Å². The molecule has 0 N–H and O–H groups in total. The van der Waals surface area contributed by atoms with Crippen molar-refractivity contribution in [2.24, 2.45) is 5.92 Å². The Bertz CT molecular complexity index is 142. The van der Waals surface area contributed by atoms with Crippen LogP contribution in [-0.4, -0.2) is 0 Å². The summed E-state index contributed by atoms with van der Waals surface area (Å²) in [5.41, 5.74) is 0. The molecule has 0 fully saturated rings. The molecule has 0 aromatic heterocycles. The summed E-state index contributed by atoms with van der Waals surface area (Å²) < 4.78 is 0. The van der Waals surface area contributed by atoms with Crippen molar-refractivity contribution >= 4 is 0 Å². The average molecular weight is 150 g/mol. The summed E-state index contributed by atoms with van der Waals surface area (Å²) in [6, 6.07) is 0. The normalized spacial score (nSPS) is 26.8. The van der Waals surface area contributed by atoms with Crippen LogP contribution in [0.1, 0.15) is 39.0 Å². The lowest BCUT2D eigenvalue weighted by molar-refractivity contribution is 0.520. The average Bonchev–Trinajstić information content (AvgIpc) is 1.94. The second-order valence-electron chi connectivity index (χ2n) is 3.27. The van der Waals surface area contributed by atoms with Gasteiger partial charge in [0.2, 0.25) is 0 Å². The van der Waals surface area contributed by atoms with Crippen molar-refractivity contribution in [3.05, 3.63) is 24.3 Å². The molecule has 1 unspecified atom stereocenters. The second-order valence-corrected chi connectivity index (χ2v) is 3.27. The molecule has 62 valence electrons. The lowest BCUT2D eigenvalue weighted by atomic mass is 9.94. The van der Waals surface area contributed by atoms with Crippen LogP contribution in [0, 0.1) is 5.92 Å². The Morgan fingerprint density at radius 1 is 1.18 bits per heavy atom. The van der Waals surface area contributed by atoms with Crippen LogP contribution in [-0.2, 0) is 0 Å². The predicted molar refractivity (Wildman–Crippen MR) is 50.5 cm³/mol. The van der Waals surface area contributed by atoms with Crippen LogP contribution in [0.5, 0.6) is 0 Å². The van der Waals surface area contributed by atoms with Gasteiger partial charge in [0.25, 0.3) is 0 Å². The molecule has 1 rings (SSSR count). The SMILES string of the molecule is CC=CC1CCC=CCCC1. The van der Waals surface area contributed by atoms with E-state index in [0.717, 1.165) is 5.92 Å². The molecule has 0 nitrogen and oxygen atoms in total. The van der Waals surface area contributed by atoms with E-state index in [0.29, 0.717) is 0 Å². The predicted octanol–water partition coefficient (Wildman–Crippen LogP) is 3.70. The molecule has 0 radical (unpaired) electrons. The molecule has 0 aromatic carbocycles. The smallest absolute Gasteiger partial charge is 0.0231 e. The summed E-state index contributed by atoms with van der Waals surface area (Å²) in [5, 5.41) is 0. The quantitative estimate of drug-likeness (QED) is 0.500. The van der Waals surface area contributed by atoms with E-state index in [1.165, 1.54) is 32.1 Å². The maximum atomic E-state index is 2.36. The molecule has 0 heterocycles. The largest absolute Gasteiger partial charge is 0.0914 e. The van der Waals surface area contributed by atoms with Crippen molar-refractivity contribution < 1.29 is 0 Å². The first kappa shape index (κ1) is 8.58. The summed E-state index contributed by atoms with van der Waals surface area (Å²) >= 11 is 0. The minimum Gasteiger partial charge on any atom is -0.0914 e. The molecule has 0 bridgehead atoms. The van der Waals surface area contributed by atoms with Crippen LogP contribution in [0.25, 0.3) is 0 Å². The highest BCUT2D eigenvalue weighted by Crippen LogP contribution is 2.19. The zero-order valence-electron chi connectivity index (χ0n) is 7.42. The fourth-order valence-electron chi connectivity index (χ4n) is 1.65. The van der Waals surface area contributed by atoms with Gasteiger partial charge in [-0.1, -0.05) is 24.3 Å². The van der Waals surface area contributed by atoms with Gasteiger partial charge in [0.05, 0.1) is 0 Å². The molecule has 0 saturated heterocycles. The van der Waals surface area contributed by atoms with Crippen LogP contribution < -0.4 is 0 Å². The van der Waals surface area contributed by atoms with Gasteiger partial charge in [-0.2, -0.15) is 0 Å². The van der Waals surface area contributed by atoms with Gasteiger partial charge in [-0.05, 0) is 44.9 Å². The number of rotatable bonds is 1. The standard InChI is InChI=1S/C11H18/c1-2-8-11-9-6-4-3-5-7-10-11/h2-4,8,11H,5-7,9-10H2,1H3. The van der Waals surface area contributed by atoms with E-state index in [-0.39, 0.29) is 0 Å². The van der Waals surface area contributed by atoms with Crippen LogP contribution in [0.2, 0.25) is 0 Å². The van der Waals surface area contributed by atoms with E-state index in [2.05, 4.69) is 31.2 Å². The molecular formula is C11H18. The number of hydrogen-bond acceptors (Lipinski definition) is 0. The van der Waals surface area contributed by atoms with Crippen molar-refractivity contribution in [2.45, 2.75) is 39.0 Å². The topological polar surface area (TPSA) is 0 Å². The highest BCUT2D eigenvalue weighted by molar-refractivity contribution is 4.91. The second kappa shape index (κ2) is 5.17. The molecule has 1 atom stereocenters. The minimum absolute atomic E-state index is 0.852. The van der Waals surface area contributed by atoms with Gasteiger partial charge in [0.1, 0.15) is 0 Å². The Hall–Kier alpha value is -0.520. The number of allylic oxidation sites excluding steroid dienone is 4. The first-order valence-electron chi connectivity index (χ1n) is 4.71. The third-order valence-corrected chi connectivity index (χ3v) is 2.28. The van der Waals surface area contributed by atoms with E-state index >= 15 is 0 Å². The van der Waals surface area contributed by atoms with Gasteiger partial charge < -0.3 is 0 Å². The molecule has 0 heteroatoms. The van der Waals surface area contributed by atoms with Gasteiger partial charge in [0, 0.05) is 0 Å². The zero-order valence-corrected chi connectivity index (χ0v) is 7.42. The fourth-order valence-corrected chi connectivity index (χ4v) is 1.65. The van der Waals surface area contributed by atoms with Crippen molar-refractivity contribution in [2.75, 3.05) is 0 Å². The van der Waals surface area contributed by atoms with E-state index < -0.39 is 0 Å². The lowest BCUT2D eigenvalue weighted by Crippen LogP contribution is -1.97. The van der Waals surface area contributed by atoms with Gasteiger partial charge in [-0.25, -0.2) is 0 Å². The highest BCUT2D eigenvalue weighted by atomic mass is 14.1. The van der Waals surface area contributed by atoms with Crippen molar-refractivity contribution in [3.63, 3.8) is 0 Å². The Morgan fingerprint density at radius 2 is 2.00 bits per heavy atom. The third kappa shape index (κ3) is 3.41. The van der Waals surface area contributed by atoms with Crippen molar-refractivity contribution in [1.82, 2.24) is 0 Å². The van der Waals surface area contributed by atoms with E-state index in [4.69, 9.17) is 0 Å². The van der Waals surface area contributed by atoms with Crippen LogP contribution in [0.4, 0.5) is 0 Å². The van der Waals surface area contributed by atoms with Gasteiger partial charge >= 0.3 is 0 Å². The third-order valence-electron chi connectivity index (χ3n) is 2.28. The Kier molecular flexibility index (Phi) is 4.03. The maximum absolute atomic E-state index is 2.36. The Morgan fingerprint density at radius 3 is 2.82 bits per heavy atom. The first-order chi connectivity index (χ1) is 5.43. The zero-order chi connectivity index (χ0) is 7.94. The highest BCUT2D eigenvalue weighted by Gasteiger charge is 2.03. The summed E-state index contributed by atoms with van der Waals surface area (Å²) in [4.78, 5) is 0. The van der Waals surface area contributed by atoms with Crippen molar-refractivity contribution in [1.29, 1.82) is 0 Å². The lowest BCUT2D eigenvalue weighted by Gasteiger charge is -2.12. The van der Waals surface area contributed by atoms with Gasteiger partial charge in [-0.3, -0.25) is 0 Å². The van der Waals surface area contributed by atoms with E-state index in [1.54, 1.807) is 0 Å². The summed E-state index contributed by atoms with van der Waals surface area (Å²) in [6.07, 6.45) is 15.9. The first-order valence-corrected chi connectivity index (χ1v) is 4.71. The van der Waals surface area contributed by atoms with E-state index in [9.17, 15) is 0 Å². The molecule has 0 saturated carbocycles. The summed E-state index contributed by atoms with van der Waals surface area (Å²) in [6.45, 7) is 2.12.